The maximum absolute atomic E-state index is 4.13. The maximum atomic E-state index is 4.13. The van der Waals surface area contributed by atoms with Gasteiger partial charge in [0.25, 0.3) is 0 Å². The minimum absolute atomic E-state index is 0.789. The van der Waals surface area contributed by atoms with Gasteiger partial charge < -0.3 is 4.90 Å². The number of rotatable bonds is 2. The van der Waals surface area contributed by atoms with Crippen LogP contribution in [0.25, 0.3) is 5.65 Å². The van der Waals surface area contributed by atoms with E-state index in [-0.39, 0.29) is 0 Å². The molecule has 0 saturated heterocycles. The first-order valence-corrected chi connectivity index (χ1v) is 5.10. The summed E-state index contributed by atoms with van der Waals surface area (Å²) < 4.78 is 3.02. The number of aromatic nitrogens is 3. The van der Waals surface area contributed by atoms with Gasteiger partial charge in [-0.3, -0.25) is 4.40 Å². The van der Waals surface area contributed by atoms with Crippen LogP contribution < -0.4 is 0 Å². The first-order valence-electron chi connectivity index (χ1n) is 4.31. The van der Waals surface area contributed by atoms with E-state index in [0.717, 1.165) is 22.5 Å². The fourth-order valence-electron chi connectivity index (χ4n) is 1.30. The normalized spacial score (nSPS) is 11.4. The maximum Gasteiger partial charge on any atom is 0.160 e. The molecule has 0 aliphatic carbocycles. The van der Waals surface area contributed by atoms with Crippen LogP contribution in [0.4, 0.5) is 0 Å². The molecule has 0 amide bonds. The van der Waals surface area contributed by atoms with Crippen LogP contribution in [0.3, 0.4) is 0 Å². The Bertz CT molecular complexity index is 449. The van der Waals surface area contributed by atoms with Crippen molar-refractivity contribution >= 4 is 21.6 Å². The van der Waals surface area contributed by atoms with Crippen LogP contribution in [-0.2, 0) is 6.54 Å². The molecule has 0 radical (unpaired) electrons. The summed E-state index contributed by atoms with van der Waals surface area (Å²) in [5.41, 5.74) is 0.880. The van der Waals surface area contributed by atoms with Crippen LogP contribution >= 0.6 is 15.9 Å². The number of hydrogen-bond donors (Lipinski definition) is 0. The van der Waals surface area contributed by atoms with Crippen molar-refractivity contribution in [2.75, 3.05) is 14.1 Å². The molecule has 0 aromatic carbocycles. The Morgan fingerprint density at radius 1 is 1.36 bits per heavy atom. The summed E-state index contributed by atoms with van der Waals surface area (Å²) >= 11 is 3.43. The van der Waals surface area contributed by atoms with Gasteiger partial charge in [-0.1, -0.05) is 0 Å². The van der Waals surface area contributed by atoms with E-state index < -0.39 is 0 Å². The fraction of sp³-hybridized carbons (Fsp3) is 0.333. The van der Waals surface area contributed by atoms with E-state index in [1.165, 1.54) is 0 Å². The molecule has 0 atom stereocenters. The Hall–Kier alpha value is -0.940. The van der Waals surface area contributed by atoms with Crippen molar-refractivity contribution in [1.82, 2.24) is 19.5 Å². The number of fused-ring (bicyclic) bond motifs is 1. The van der Waals surface area contributed by atoms with Crippen LogP contribution in [0, 0.1) is 0 Å². The predicted octanol–water partition coefficient (Wildman–Crippen LogP) is 1.55. The average molecular weight is 255 g/mol. The van der Waals surface area contributed by atoms with E-state index in [9.17, 15) is 0 Å². The molecule has 0 aliphatic rings. The molecule has 2 aromatic rings. The van der Waals surface area contributed by atoms with Gasteiger partial charge in [-0.2, -0.15) is 0 Å². The summed E-state index contributed by atoms with van der Waals surface area (Å²) in [6.07, 6.45) is 1.98. The molecule has 0 unspecified atom stereocenters. The fourth-order valence-corrected chi connectivity index (χ4v) is 1.64. The van der Waals surface area contributed by atoms with Crippen molar-refractivity contribution in [2.24, 2.45) is 0 Å². The molecular weight excluding hydrogens is 244 g/mol. The average Bonchev–Trinajstić information content (AvgIpc) is 2.47. The van der Waals surface area contributed by atoms with Crippen LogP contribution in [0.2, 0.25) is 0 Å². The zero-order valence-corrected chi connectivity index (χ0v) is 9.69. The van der Waals surface area contributed by atoms with Crippen molar-refractivity contribution < 1.29 is 0 Å². The third-order valence-electron chi connectivity index (χ3n) is 1.89. The summed E-state index contributed by atoms with van der Waals surface area (Å²) in [6, 6.07) is 3.90. The van der Waals surface area contributed by atoms with Crippen LogP contribution in [-0.4, -0.2) is 33.6 Å². The number of halogens is 1. The topological polar surface area (TPSA) is 33.4 Å². The molecule has 0 bridgehead atoms. The molecule has 74 valence electrons. The lowest BCUT2D eigenvalue weighted by molar-refractivity contribution is 0.388. The highest BCUT2D eigenvalue weighted by Crippen LogP contribution is 2.12. The van der Waals surface area contributed by atoms with Crippen molar-refractivity contribution in [3.8, 4) is 0 Å². The Kier molecular flexibility index (Phi) is 2.52. The summed E-state index contributed by atoms with van der Waals surface area (Å²) in [5.74, 6) is 0.950. The van der Waals surface area contributed by atoms with E-state index in [4.69, 9.17) is 0 Å². The summed E-state index contributed by atoms with van der Waals surface area (Å²) in [4.78, 5) is 2.07. The van der Waals surface area contributed by atoms with Gasteiger partial charge in [0.1, 0.15) is 0 Å². The van der Waals surface area contributed by atoms with Gasteiger partial charge in [0.15, 0.2) is 11.5 Å². The Labute approximate surface area is 90.7 Å². The first-order chi connectivity index (χ1) is 6.66. The summed E-state index contributed by atoms with van der Waals surface area (Å²) in [6.45, 7) is 0.789. The summed E-state index contributed by atoms with van der Waals surface area (Å²) in [5, 5.41) is 8.21. The van der Waals surface area contributed by atoms with Crippen molar-refractivity contribution in [3.05, 3.63) is 28.6 Å². The first kappa shape index (κ1) is 9.61. The number of pyridine rings is 1. The number of nitrogens with zero attached hydrogens (tertiary/aromatic N) is 4. The van der Waals surface area contributed by atoms with Crippen LogP contribution in [0.5, 0.6) is 0 Å². The van der Waals surface area contributed by atoms with Crippen molar-refractivity contribution in [3.63, 3.8) is 0 Å². The largest absolute Gasteiger partial charge is 0.302 e. The second-order valence-corrected chi connectivity index (χ2v) is 4.35. The number of hydrogen-bond acceptors (Lipinski definition) is 3. The third kappa shape index (κ3) is 1.78. The molecule has 0 saturated carbocycles. The van der Waals surface area contributed by atoms with Gasteiger partial charge in [0, 0.05) is 10.7 Å². The van der Waals surface area contributed by atoms with E-state index in [0.29, 0.717) is 0 Å². The van der Waals surface area contributed by atoms with Gasteiger partial charge in [0.2, 0.25) is 0 Å². The van der Waals surface area contributed by atoms with Crippen molar-refractivity contribution in [1.29, 1.82) is 0 Å². The Morgan fingerprint density at radius 3 is 2.86 bits per heavy atom. The molecule has 0 aliphatic heterocycles. The quantitative estimate of drug-likeness (QED) is 0.816. The molecule has 4 nitrogen and oxygen atoms in total. The molecule has 0 fully saturated rings. The molecular formula is C9H11BrN4. The van der Waals surface area contributed by atoms with Gasteiger partial charge in [-0.05, 0) is 42.2 Å². The van der Waals surface area contributed by atoms with Gasteiger partial charge in [-0.25, -0.2) is 0 Å². The Morgan fingerprint density at radius 2 is 2.14 bits per heavy atom. The zero-order chi connectivity index (χ0) is 10.1. The molecule has 0 N–H and O–H groups in total. The lowest BCUT2D eigenvalue weighted by atomic mass is 10.4. The third-order valence-corrected chi connectivity index (χ3v) is 2.36. The van der Waals surface area contributed by atoms with Gasteiger partial charge in [0.05, 0.1) is 6.54 Å². The smallest absolute Gasteiger partial charge is 0.160 e. The molecule has 5 heteroatoms. The molecule has 14 heavy (non-hydrogen) atoms. The predicted molar refractivity (Wildman–Crippen MR) is 58.1 cm³/mol. The Balaban J connectivity index is 2.50. The lowest BCUT2D eigenvalue weighted by Gasteiger charge is -2.07. The van der Waals surface area contributed by atoms with E-state index in [2.05, 4.69) is 31.0 Å². The minimum atomic E-state index is 0.789. The standard InChI is InChI=1S/C9H11BrN4/c1-13(2)6-9-12-11-8-4-3-7(10)5-14(8)9/h3-5H,6H2,1-2H3. The second kappa shape index (κ2) is 3.67. The molecule has 2 heterocycles. The zero-order valence-electron chi connectivity index (χ0n) is 8.11. The molecule has 2 aromatic heterocycles. The summed E-state index contributed by atoms with van der Waals surface area (Å²) in [7, 11) is 4.03. The second-order valence-electron chi connectivity index (χ2n) is 3.43. The van der Waals surface area contributed by atoms with E-state index in [1.807, 2.05) is 36.8 Å². The highest BCUT2D eigenvalue weighted by molar-refractivity contribution is 9.10. The lowest BCUT2D eigenvalue weighted by Crippen LogP contribution is -2.13. The minimum Gasteiger partial charge on any atom is -0.302 e. The van der Waals surface area contributed by atoms with Crippen molar-refractivity contribution in [2.45, 2.75) is 6.54 Å². The van der Waals surface area contributed by atoms with E-state index >= 15 is 0 Å². The molecule has 0 spiro atoms. The van der Waals surface area contributed by atoms with Crippen LogP contribution in [0.15, 0.2) is 22.8 Å². The SMILES string of the molecule is CN(C)Cc1nnc2ccc(Br)cn12. The highest BCUT2D eigenvalue weighted by Gasteiger charge is 2.05. The van der Waals surface area contributed by atoms with Crippen LogP contribution in [0.1, 0.15) is 5.82 Å². The van der Waals surface area contributed by atoms with Gasteiger partial charge in [-0.15, -0.1) is 10.2 Å². The highest BCUT2D eigenvalue weighted by atomic mass is 79.9. The van der Waals surface area contributed by atoms with E-state index in [1.54, 1.807) is 0 Å². The van der Waals surface area contributed by atoms with Gasteiger partial charge >= 0.3 is 0 Å². The molecule has 2 rings (SSSR count). The monoisotopic (exact) mass is 254 g/mol.